The SMILES string of the molecule is Fc1ccccc1[C@H](C(F)F)N1CCNCC1. The molecule has 1 atom stereocenters. The second-order valence-corrected chi connectivity index (χ2v) is 4.09. The van der Waals surface area contributed by atoms with Gasteiger partial charge in [0.15, 0.2) is 0 Å². The first-order valence-electron chi connectivity index (χ1n) is 5.67. The van der Waals surface area contributed by atoms with E-state index in [0.29, 0.717) is 26.2 Å². The van der Waals surface area contributed by atoms with Crippen LogP contribution in [0.1, 0.15) is 11.6 Å². The van der Waals surface area contributed by atoms with Gasteiger partial charge in [0, 0.05) is 31.7 Å². The third-order valence-electron chi connectivity index (χ3n) is 3.01. The van der Waals surface area contributed by atoms with Gasteiger partial charge in [-0.05, 0) is 6.07 Å². The van der Waals surface area contributed by atoms with Crippen molar-refractivity contribution in [3.05, 3.63) is 35.6 Å². The average Bonchev–Trinajstić information content (AvgIpc) is 2.33. The minimum absolute atomic E-state index is 0.0874. The summed E-state index contributed by atoms with van der Waals surface area (Å²) in [6.07, 6.45) is -2.58. The van der Waals surface area contributed by atoms with E-state index in [1.165, 1.54) is 18.2 Å². The fraction of sp³-hybridized carbons (Fsp3) is 0.500. The highest BCUT2D eigenvalue weighted by atomic mass is 19.3. The highest BCUT2D eigenvalue weighted by molar-refractivity contribution is 5.22. The molecule has 2 rings (SSSR count). The van der Waals surface area contributed by atoms with Crippen LogP contribution in [0.4, 0.5) is 13.2 Å². The molecule has 0 bridgehead atoms. The standard InChI is InChI=1S/C12H15F3N2/c13-10-4-2-1-3-9(10)11(12(14)15)17-7-5-16-6-8-17/h1-4,11-12,16H,5-8H2/t11-/m1/s1. The molecule has 0 aromatic heterocycles. The van der Waals surface area contributed by atoms with Crippen molar-refractivity contribution in [1.82, 2.24) is 10.2 Å². The van der Waals surface area contributed by atoms with Gasteiger partial charge in [0.2, 0.25) is 0 Å². The zero-order valence-electron chi connectivity index (χ0n) is 9.37. The second-order valence-electron chi connectivity index (χ2n) is 4.09. The van der Waals surface area contributed by atoms with Gasteiger partial charge >= 0.3 is 0 Å². The van der Waals surface area contributed by atoms with E-state index in [0.717, 1.165) is 0 Å². The third kappa shape index (κ3) is 2.79. The van der Waals surface area contributed by atoms with Crippen LogP contribution < -0.4 is 5.32 Å². The molecule has 2 nitrogen and oxygen atoms in total. The molecule has 0 saturated carbocycles. The maximum Gasteiger partial charge on any atom is 0.258 e. The topological polar surface area (TPSA) is 15.3 Å². The van der Waals surface area contributed by atoms with Crippen LogP contribution in [0.5, 0.6) is 0 Å². The van der Waals surface area contributed by atoms with E-state index >= 15 is 0 Å². The molecule has 0 radical (unpaired) electrons. The van der Waals surface area contributed by atoms with Crippen molar-refractivity contribution in [1.29, 1.82) is 0 Å². The number of rotatable bonds is 3. The Labute approximate surface area is 98.4 Å². The number of hydrogen-bond acceptors (Lipinski definition) is 2. The van der Waals surface area contributed by atoms with Gasteiger partial charge in [0.05, 0.1) is 6.04 Å². The zero-order valence-corrected chi connectivity index (χ0v) is 9.37. The predicted molar refractivity (Wildman–Crippen MR) is 59.6 cm³/mol. The van der Waals surface area contributed by atoms with Crippen molar-refractivity contribution in [2.45, 2.75) is 12.5 Å². The highest BCUT2D eigenvalue weighted by Crippen LogP contribution is 2.29. The fourth-order valence-electron chi connectivity index (χ4n) is 2.17. The summed E-state index contributed by atoms with van der Waals surface area (Å²) in [6, 6.07) is 4.63. The van der Waals surface area contributed by atoms with Crippen LogP contribution in [-0.2, 0) is 0 Å². The molecule has 94 valence electrons. The van der Waals surface area contributed by atoms with E-state index in [4.69, 9.17) is 0 Å². The van der Waals surface area contributed by atoms with Gasteiger partial charge in [-0.1, -0.05) is 18.2 Å². The smallest absolute Gasteiger partial charge is 0.258 e. The lowest BCUT2D eigenvalue weighted by molar-refractivity contribution is 0.0164. The Hall–Kier alpha value is -1.07. The second kappa shape index (κ2) is 5.51. The lowest BCUT2D eigenvalue weighted by Crippen LogP contribution is -2.47. The Bertz CT molecular complexity index is 365. The molecule has 17 heavy (non-hydrogen) atoms. The quantitative estimate of drug-likeness (QED) is 0.875. The Morgan fingerprint density at radius 1 is 1.12 bits per heavy atom. The van der Waals surface area contributed by atoms with Gasteiger partial charge in [0.25, 0.3) is 6.43 Å². The zero-order chi connectivity index (χ0) is 12.3. The van der Waals surface area contributed by atoms with Crippen LogP contribution in [-0.4, -0.2) is 37.5 Å². The molecule has 1 fully saturated rings. The van der Waals surface area contributed by atoms with Gasteiger partial charge < -0.3 is 5.32 Å². The van der Waals surface area contributed by atoms with Crippen LogP contribution >= 0.6 is 0 Å². The number of benzene rings is 1. The molecule has 1 aromatic carbocycles. The lowest BCUT2D eigenvalue weighted by Gasteiger charge is -2.34. The van der Waals surface area contributed by atoms with Crippen molar-refractivity contribution < 1.29 is 13.2 Å². The van der Waals surface area contributed by atoms with Crippen LogP contribution in [0, 0.1) is 5.82 Å². The molecule has 0 unspecified atom stereocenters. The van der Waals surface area contributed by atoms with Crippen LogP contribution in [0.25, 0.3) is 0 Å². The molecule has 0 aliphatic carbocycles. The van der Waals surface area contributed by atoms with Crippen LogP contribution in [0.3, 0.4) is 0 Å². The Morgan fingerprint density at radius 3 is 2.35 bits per heavy atom. The summed E-state index contributed by atoms with van der Waals surface area (Å²) in [5.74, 6) is -0.559. The van der Waals surface area contributed by atoms with E-state index < -0.39 is 18.3 Å². The molecule has 0 spiro atoms. The van der Waals surface area contributed by atoms with Crippen molar-refractivity contribution >= 4 is 0 Å². The molecule has 1 saturated heterocycles. The summed E-state index contributed by atoms with van der Waals surface area (Å²) in [5.41, 5.74) is 0.0874. The predicted octanol–water partition coefficient (Wildman–Crippen LogP) is 2.04. The number of nitrogens with one attached hydrogen (secondary N) is 1. The van der Waals surface area contributed by atoms with Crippen LogP contribution in [0.15, 0.2) is 24.3 Å². The van der Waals surface area contributed by atoms with E-state index in [1.54, 1.807) is 11.0 Å². The number of alkyl halides is 2. The van der Waals surface area contributed by atoms with Crippen molar-refractivity contribution in [3.63, 3.8) is 0 Å². The molecule has 1 aliphatic rings. The molecule has 1 N–H and O–H groups in total. The average molecular weight is 244 g/mol. The number of hydrogen-bond donors (Lipinski definition) is 1. The Balaban J connectivity index is 2.25. The van der Waals surface area contributed by atoms with Crippen molar-refractivity contribution in [2.75, 3.05) is 26.2 Å². The Morgan fingerprint density at radius 2 is 1.76 bits per heavy atom. The maximum atomic E-state index is 13.6. The minimum atomic E-state index is -2.58. The summed E-state index contributed by atoms with van der Waals surface area (Å²) in [7, 11) is 0. The van der Waals surface area contributed by atoms with Crippen molar-refractivity contribution in [3.8, 4) is 0 Å². The maximum absolute atomic E-state index is 13.6. The monoisotopic (exact) mass is 244 g/mol. The highest BCUT2D eigenvalue weighted by Gasteiger charge is 2.31. The number of halogens is 3. The summed E-state index contributed by atoms with van der Waals surface area (Å²) in [5, 5.41) is 3.09. The molecule has 0 amide bonds. The van der Waals surface area contributed by atoms with Gasteiger partial charge in [-0.2, -0.15) is 0 Å². The van der Waals surface area contributed by atoms with Gasteiger partial charge in [-0.3, -0.25) is 4.90 Å². The van der Waals surface area contributed by atoms with Crippen molar-refractivity contribution in [2.24, 2.45) is 0 Å². The molecule has 1 aromatic rings. The molecule has 1 heterocycles. The van der Waals surface area contributed by atoms with Crippen LogP contribution in [0.2, 0.25) is 0 Å². The first-order valence-corrected chi connectivity index (χ1v) is 5.67. The summed E-state index contributed by atoms with van der Waals surface area (Å²) in [6.45, 7) is 2.36. The molecule has 5 heteroatoms. The molecular formula is C12H15F3N2. The van der Waals surface area contributed by atoms with E-state index in [-0.39, 0.29) is 5.56 Å². The normalized spacial score (nSPS) is 19.5. The van der Waals surface area contributed by atoms with Gasteiger partial charge in [0.1, 0.15) is 5.82 Å². The first kappa shape index (κ1) is 12.4. The minimum Gasteiger partial charge on any atom is -0.314 e. The number of nitrogens with zero attached hydrogens (tertiary/aromatic N) is 1. The summed E-state index contributed by atoms with van der Waals surface area (Å²) < 4.78 is 39.8. The van der Waals surface area contributed by atoms with Gasteiger partial charge in [-0.25, -0.2) is 13.2 Å². The van der Waals surface area contributed by atoms with E-state index in [2.05, 4.69) is 5.32 Å². The largest absolute Gasteiger partial charge is 0.314 e. The van der Waals surface area contributed by atoms with Gasteiger partial charge in [-0.15, -0.1) is 0 Å². The lowest BCUT2D eigenvalue weighted by atomic mass is 10.0. The van der Waals surface area contributed by atoms with E-state index in [9.17, 15) is 13.2 Å². The first-order chi connectivity index (χ1) is 8.20. The third-order valence-corrected chi connectivity index (χ3v) is 3.01. The molecule has 1 aliphatic heterocycles. The summed E-state index contributed by atoms with van der Waals surface area (Å²) >= 11 is 0. The fourth-order valence-corrected chi connectivity index (χ4v) is 2.17. The number of piperazine rings is 1. The molecular weight excluding hydrogens is 229 g/mol. The summed E-state index contributed by atoms with van der Waals surface area (Å²) in [4.78, 5) is 1.64. The van der Waals surface area contributed by atoms with E-state index in [1.807, 2.05) is 0 Å². The Kier molecular flexibility index (Phi) is 4.02.